The monoisotopic (exact) mass is 433 g/mol. The summed E-state index contributed by atoms with van der Waals surface area (Å²) in [6.07, 6.45) is 8.77. The molecule has 28 heavy (non-hydrogen) atoms. The van der Waals surface area contributed by atoms with Gasteiger partial charge >= 0.3 is 0 Å². The van der Waals surface area contributed by atoms with Crippen LogP contribution >= 0.6 is 12.4 Å². The van der Waals surface area contributed by atoms with E-state index in [9.17, 15) is 18.0 Å². The molecule has 3 fully saturated rings. The molecular weight excluding hydrogens is 402 g/mol. The molecule has 3 heterocycles. The van der Waals surface area contributed by atoms with Gasteiger partial charge in [0.25, 0.3) is 0 Å². The fraction of sp³-hybridized carbons (Fsp3) is 0.789. The molecule has 3 aliphatic rings. The first-order valence-corrected chi connectivity index (χ1v) is 11.8. The lowest BCUT2D eigenvalue weighted by Gasteiger charge is -2.28. The second-order valence-electron chi connectivity index (χ2n) is 8.31. The van der Waals surface area contributed by atoms with E-state index in [1.165, 1.54) is 19.3 Å². The molecule has 0 aliphatic carbocycles. The van der Waals surface area contributed by atoms with Crippen LogP contribution in [0.1, 0.15) is 39.5 Å². The van der Waals surface area contributed by atoms with E-state index in [-0.39, 0.29) is 36.2 Å². The maximum atomic E-state index is 12.8. The molecule has 0 bridgehead atoms. The summed E-state index contributed by atoms with van der Waals surface area (Å²) in [5, 5.41) is 0. The van der Waals surface area contributed by atoms with Crippen molar-refractivity contribution in [3.63, 3.8) is 0 Å². The number of carbonyl (C=O) groups excluding carboxylic acids is 2. The summed E-state index contributed by atoms with van der Waals surface area (Å²) >= 11 is 0. The molecule has 2 amide bonds. The zero-order valence-corrected chi connectivity index (χ0v) is 18.5. The highest BCUT2D eigenvalue weighted by Gasteiger charge is 2.58. The Morgan fingerprint density at radius 2 is 1.82 bits per heavy atom. The molecule has 3 aliphatic heterocycles. The summed E-state index contributed by atoms with van der Waals surface area (Å²) < 4.78 is 25.4. The maximum Gasteiger partial charge on any atom is 0.246 e. The molecule has 7 nitrogen and oxygen atoms in total. The molecule has 0 aromatic heterocycles. The van der Waals surface area contributed by atoms with Gasteiger partial charge in [-0.05, 0) is 38.3 Å². The Bertz CT molecular complexity index is 719. The zero-order chi connectivity index (χ0) is 19.8. The normalized spacial score (nSPS) is 28.9. The van der Waals surface area contributed by atoms with Gasteiger partial charge in [-0.2, -0.15) is 0 Å². The first kappa shape index (κ1) is 23.2. The van der Waals surface area contributed by atoms with Crippen molar-refractivity contribution in [2.45, 2.75) is 51.6 Å². The van der Waals surface area contributed by atoms with Crippen molar-refractivity contribution in [3.8, 4) is 0 Å². The van der Waals surface area contributed by atoms with Crippen LogP contribution in [0.25, 0.3) is 0 Å². The summed E-state index contributed by atoms with van der Waals surface area (Å²) in [6, 6.07) is -0.793. The molecule has 0 radical (unpaired) electrons. The topological polar surface area (TPSA) is 78.0 Å². The third kappa shape index (κ3) is 4.54. The van der Waals surface area contributed by atoms with E-state index in [1.54, 1.807) is 11.0 Å². The molecule has 0 spiro atoms. The summed E-state index contributed by atoms with van der Waals surface area (Å²) in [5.74, 6) is -0.972. The molecule has 0 aromatic rings. The minimum atomic E-state index is -3.63. The van der Waals surface area contributed by atoms with Crippen LogP contribution in [-0.2, 0) is 19.6 Å². The maximum absolute atomic E-state index is 12.8. The van der Waals surface area contributed by atoms with Gasteiger partial charge in [0.1, 0.15) is 0 Å². The molecule has 0 aromatic carbocycles. The quantitative estimate of drug-likeness (QED) is 0.614. The first-order valence-electron chi connectivity index (χ1n) is 9.94. The Labute approximate surface area is 174 Å². The number of fused-ring (bicyclic) bond motifs is 1. The smallest absolute Gasteiger partial charge is 0.246 e. The Kier molecular flexibility index (Phi) is 7.56. The fourth-order valence-corrected chi connectivity index (χ4v) is 6.00. The highest BCUT2D eigenvalue weighted by Crippen LogP contribution is 2.41. The van der Waals surface area contributed by atoms with Gasteiger partial charge in [0.05, 0.1) is 24.3 Å². The fourth-order valence-electron chi connectivity index (χ4n) is 4.83. The van der Waals surface area contributed by atoms with Gasteiger partial charge in [-0.1, -0.05) is 26.3 Å². The largest absolute Gasteiger partial charge is 0.333 e. The first-order chi connectivity index (χ1) is 12.7. The lowest BCUT2D eigenvalue weighted by Crippen LogP contribution is -2.43. The summed E-state index contributed by atoms with van der Waals surface area (Å²) in [6.45, 7) is 7.22. The van der Waals surface area contributed by atoms with Crippen molar-refractivity contribution in [2.75, 3.05) is 32.4 Å². The predicted molar refractivity (Wildman–Crippen MR) is 111 cm³/mol. The lowest BCUT2D eigenvalue weighted by atomic mass is 9.88. The van der Waals surface area contributed by atoms with Crippen LogP contribution < -0.4 is 0 Å². The molecule has 9 heteroatoms. The van der Waals surface area contributed by atoms with E-state index >= 15 is 0 Å². The summed E-state index contributed by atoms with van der Waals surface area (Å²) in [5.41, 5.74) is 0. The number of likely N-dealkylation sites (tertiary alicyclic amines) is 2. The van der Waals surface area contributed by atoms with Crippen LogP contribution in [0.3, 0.4) is 0 Å². The van der Waals surface area contributed by atoms with Crippen LogP contribution in [0.4, 0.5) is 0 Å². The van der Waals surface area contributed by atoms with Crippen molar-refractivity contribution in [2.24, 2.45) is 11.8 Å². The van der Waals surface area contributed by atoms with Gasteiger partial charge < -0.3 is 4.90 Å². The van der Waals surface area contributed by atoms with Crippen molar-refractivity contribution >= 4 is 34.2 Å². The van der Waals surface area contributed by atoms with Gasteiger partial charge in [0.15, 0.2) is 0 Å². The van der Waals surface area contributed by atoms with E-state index in [2.05, 4.69) is 4.90 Å². The third-order valence-corrected chi connectivity index (χ3v) is 7.19. The van der Waals surface area contributed by atoms with Crippen LogP contribution in [0.15, 0.2) is 12.2 Å². The Morgan fingerprint density at radius 1 is 1.18 bits per heavy atom. The molecule has 3 saturated heterocycles. The number of halogens is 1. The zero-order valence-electron chi connectivity index (χ0n) is 16.9. The van der Waals surface area contributed by atoms with Gasteiger partial charge in [-0.25, -0.2) is 12.7 Å². The van der Waals surface area contributed by atoms with Crippen molar-refractivity contribution in [1.29, 1.82) is 0 Å². The van der Waals surface area contributed by atoms with Gasteiger partial charge in [0.2, 0.25) is 21.8 Å². The number of sulfonamides is 1. The Morgan fingerprint density at radius 3 is 2.39 bits per heavy atom. The Balaban J connectivity index is 0.00000280. The second-order valence-corrected chi connectivity index (χ2v) is 10.2. The standard InChI is InChI=1S/C19H31N3O4S.ClH/c1-14(2)17-18-15(22(19(17)24)27(3,25)26)9-13-21(18)16(23)8-7-12-20-10-5-4-6-11-20;/h7-8,14-15,17-18H,4-6,9-13H2,1-3H3;1H/b8-7+;/t15-,17+,18-;/m0./s1. The lowest BCUT2D eigenvalue weighted by molar-refractivity contribution is -0.131. The van der Waals surface area contributed by atoms with E-state index in [1.807, 2.05) is 19.9 Å². The number of amides is 2. The van der Waals surface area contributed by atoms with E-state index in [0.717, 1.165) is 30.2 Å². The minimum absolute atomic E-state index is 0. The average Bonchev–Trinajstić information content (AvgIpc) is 3.11. The van der Waals surface area contributed by atoms with Crippen LogP contribution in [0, 0.1) is 11.8 Å². The number of carbonyl (C=O) groups is 2. The molecule has 0 unspecified atom stereocenters. The van der Waals surface area contributed by atoms with E-state index in [4.69, 9.17) is 0 Å². The molecule has 3 rings (SSSR count). The van der Waals surface area contributed by atoms with E-state index < -0.39 is 22.0 Å². The molecule has 3 atom stereocenters. The van der Waals surface area contributed by atoms with Crippen LogP contribution in [0.2, 0.25) is 0 Å². The van der Waals surface area contributed by atoms with Crippen molar-refractivity contribution in [1.82, 2.24) is 14.1 Å². The number of hydrogen-bond donors (Lipinski definition) is 0. The van der Waals surface area contributed by atoms with E-state index in [0.29, 0.717) is 13.0 Å². The number of hydrogen-bond acceptors (Lipinski definition) is 5. The SMILES string of the molecule is CC(C)[C@H]1C(=O)N(S(C)(=O)=O)[C@H]2CCN(C(=O)/C=C/CN3CCCCC3)[C@H]12.Cl. The van der Waals surface area contributed by atoms with Gasteiger partial charge in [-0.15, -0.1) is 12.4 Å². The molecule has 0 saturated carbocycles. The van der Waals surface area contributed by atoms with Crippen LogP contribution in [0.5, 0.6) is 0 Å². The molecule has 160 valence electrons. The molecular formula is C19H32ClN3O4S. The number of rotatable bonds is 5. The van der Waals surface area contributed by atoms with Gasteiger partial charge in [-0.3, -0.25) is 14.5 Å². The Hall–Kier alpha value is -1.12. The highest BCUT2D eigenvalue weighted by atomic mass is 35.5. The third-order valence-electron chi connectivity index (χ3n) is 6.02. The van der Waals surface area contributed by atoms with Crippen LogP contribution in [-0.4, -0.2) is 78.9 Å². The average molecular weight is 434 g/mol. The highest BCUT2D eigenvalue weighted by molar-refractivity contribution is 7.88. The van der Waals surface area contributed by atoms with Crippen molar-refractivity contribution in [3.05, 3.63) is 12.2 Å². The number of nitrogens with zero attached hydrogens (tertiary/aromatic N) is 3. The minimum Gasteiger partial charge on any atom is -0.333 e. The van der Waals surface area contributed by atoms with Gasteiger partial charge in [0, 0.05) is 19.2 Å². The van der Waals surface area contributed by atoms with Crippen molar-refractivity contribution < 1.29 is 18.0 Å². The summed E-state index contributed by atoms with van der Waals surface area (Å²) in [7, 11) is -3.63. The predicted octanol–water partition coefficient (Wildman–Crippen LogP) is 1.49. The summed E-state index contributed by atoms with van der Waals surface area (Å²) in [4.78, 5) is 29.6. The molecule has 0 N–H and O–H groups in total. The second kappa shape index (κ2) is 9.13. The number of piperidine rings is 1.